The number of carbonyl (C=O) groups excluding carboxylic acids is 1. The SMILES string of the molecule is C=CCCC(C)C.C=O.CC(C)[C@H](C)C(=O)O.CCCCC(CS)CCCC.CNC1=CC(SC)CC=C1.NCO.O.O.O.c1ccccc1. The lowest BCUT2D eigenvalue weighted by Crippen LogP contribution is -2.15. The fourth-order valence-electron chi connectivity index (χ4n) is 3.42. The Morgan fingerprint density at radius 2 is 1.40 bits per heavy atom. The smallest absolute Gasteiger partial charge is 0.306 e. The fourth-order valence-corrected chi connectivity index (χ4v) is 4.37. The van der Waals surface area contributed by atoms with Crippen LogP contribution in [0.1, 0.15) is 106 Å². The van der Waals surface area contributed by atoms with Crippen molar-refractivity contribution in [3.05, 3.63) is 73.0 Å². The molecule has 1 unspecified atom stereocenters. The Morgan fingerprint density at radius 3 is 1.62 bits per heavy atom. The maximum absolute atomic E-state index is 10.1. The van der Waals surface area contributed by atoms with Crippen LogP contribution < -0.4 is 11.1 Å². The largest absolute Gasteiger partial charge is 0.481 e. The van der Waals surface area contributed by atoms with Crippen LogP contribution in [0.15, 0.2) is 73.0 Å². The summed E-state index contributed by atoms with van der Waals surface area (Å²) in [5.41, 5.74) is 5.64. The van der Waals surface area contributed by atoms with E-state index in [4.69, 9.17) is 15.0 Å². The number of carboxylic acids is 1. The molecule has 0 fully saturated rings. The summed E-state index contributed by atoms with van der Waals surface area (Å²) in [6.07, 6.45) is 22.6. The summed E-state index contributed by atoms with van der Waals surface area (Å²) in [6, 6.07) is 12.0. The monoisotopic (exact) mass is 753 g/mol. The van der Waals surface area contributed by atoms with E-state index in [1.54, 1.807) is 6.92 Å². The average molecular weight is 753 g/mol. The van der Waals surface area contributed by atoms with E-state index in [0.29, 0.717) is 5.25 Å². The van der Waals surface area contributed by atoms with Crippen LogP contribution in [0.5, 0.6) is 0 Å². The Balaban J connectivity index is -0.0000000709. The first kappa shape index (κ1) is 66.2. The van der Waals surface area contributed by atoms with Gasteiger partial charge in [0.15, 0.2) is 0 Å². The molecule has 0 bridgehead atoms. The quantitative estimate of drug-likeness (QED) is 0.0730. The number of hydrogen-bond acceptors (Lipinski definition) is 7. The minimum Gasteiger partial charge on any atom is -0.481 e. The normalized spacial score (nSPS) is 12.2. The van der Waals surface area contributed by atoms with E-state index in [9.17, 15) is 4.79 Å². The summed E-state index contributed by atoms with van der Waals surface area (Å²) in [5.74, 6) is 2.12. The number of allylic oxidation sites excluding steroid dienone is 3. The summed E-state index contributed by atoms with van der Waals surface area (Å²) in [7, 11) is 1.96. The highest BCUT2D eigenvalue weighted by atomic mass is 32.2. The number of unbranched alkanes of at least 4 members (excludes halogenated alkanes) is 2. The molecule has 50 heavy (non-hydrogen) atoms. The molecule has 1 aliphatic rings. The van der Waals surface area contributed by atoms with Crippen molar-refractivity contribution in [2.24, 2.45) is 29.4 Å². The van der Waals surface area contributed by atoms with Crippen molar-refractivity contribution in [2.45, 2.75) is 112 Å². The van der Waals surface area contributed by atoms with Gasteiger partial charge in [-0.25, -0.2) is 0 Å². The lowest BCUT2D eigenvalue weighted by Gasteiger charge is -2.13. The van der Waals surface area contributed by atoms with Crippen LogP contribution in [-0.4, -0.2) is 70.4 Å². The Labute approximate surface area is 317 Å². The van der Waals surface area contributed by atoms with Gasteiger partial charge in [0.25, 0.3) is 0 Å². The molecule has 11 N–H and O–H groups in total. The molecule has 1 aromatic rings. The maximum Gasteiger partial charge on any atom is 0.306 e. The second-order valence-corrected chi connectivity index (χ2v) is 13.0. The zero-order valence-electron chi connectivity index (χ0n) is 33.0. The van der Waals surface area contributed by atoms with Crippen molar-refractivity contribution in [1.29, 1.82) is 0 Å². The zero-order valence-corrected chi connectivity index (χ0v) is 34.7. The highest BCUT2D eigenvalue weighted by Gasteiger charge is 2.13. The van der Waals surface area contributed by atoms with Crippen LogP contribution in [0.4, 0.5) is 0 Å². The predicted molar refractivity (Wildman–Crippen MR) is 226 cm³/mol. The average Bonchev–Trinajstić information content (AvgIpc) is 3.10. The molecule has 0 amide bonds. The lowest BCUT2D eigenvalue weighted by atomic mass is 9.98. The van der Waals surface area contributed by atoms with Crippen molar-refractivity contribution < 1.29 is 36.2 Å². The van der Waals surface area contributed by atoms with Gasteiger partial charge in [-0.1, -0.05) is 123 Å². The van der Waals surface area contributed by atoms with Gasteiger partial charge in [-0.05, 0) is 74.0 Å². The molecule has 2 rings (SSSR count). The van der Waals surface area contributed by atoms with Crippen molar-refractivity contribution >= 4 is 37.1 Å². The topological polar surface area (TPSA) is 207 Å². The predicted octanol–water partition coefficient (Wildman–Crippen LogP) is 7.59. The third-order valence-corrected chi connectivity index (χ3v) is 8.27. The Hall–Kier alpha value is -2.12. The number of nitrogens with one attached hydrogen (secondary N) is 1. The first-order valence-electron chi connectivity index (χ1n) is 17.1. The Bertz CT molecular complexity index is 780. The molecule has 9 nitrogen and oxygen atoms in total. The summed E-state index contributed by atoms with van der Waals surface area (Å²) in [5, 5.41) is 19.5. The van der Waals surface area contributed by atoms with Gasteiger partial charge in [-0.15, -0.1) is 6.58 Å². The van der Waals surface area contributed by atoms with Gasteiger partial charge in [-0.2, -0.15) is 24.4 Å². The van der Waals surface area contributed by atoms with Crippen molar-refractivity contribution in [3.63, 3.8) is 0 Å². The Kier molecular flexibility index (Phi) is 74.5. The van der Waals surface area contributed by atoms with E-state index in [0.717, 1.165) is 24.0 Å². The van der Waals surface area contributed by atoms with Gasteiger partial charge in [-0.3, -0.25) is 4.79 Å². The van der Waals surface area contributed by atoms with Gasteiger partial charge in [0.2, 0.25) is 0 Å². The number of thioether (sulfide) groups is 1. The van der Waals surface area contributed by atoms with E-state index in [-0.39, 0.29) is 35.0 Å². The van der Waals surface area contributed by atoms with E-state index >= 15 is 0 Å². The second kappa shape index (κ2) is 56.3. The minimum absolute atomic E-state index is 0. The number of carboxylic acid groups (broad SMARTS) is 1. The first-order valence-corrected chi connectivity index (χ1v) is 19.0. The molecule has 0 spiro atoms. The molecule has 1 aromatic carbocycles. The number of aliphatic hydroxyl groups is 1. The molecular formula is C39H80N2O7S2. The van der Waals surface area contributed by atoms with E-state index in [1.807, 2.05) is 81.9 Å². The van der Waals surface area contributed by atoms with Crippen LogP contribution >= 0.6 is 24.4 Å². The van der Waals surface area contributed by atoms with Crippen LogP contribution in [0.2, 0.25) is 0 Å². The standard InChI is InChI=1S/C10H22S.C8H13NS.C7H14.C6H12O2.C6H6.CH5NO.CH2O.3H2O/c1-3-5-7-10(9-11)8-6-4-2;1-9-7-4-3-5-8(6-7)10-2;1-4-5-6-7(2)3;1-4(2)5(3)6(7)8;1-2-4-6-5-3-1;2-1-3;1-2;;;/h10-11H,3-9H2,1-2H3;3-4,6,8-9H,5H2,1-2H3;4,7H,1,5-6H2,2-3H3;4-5H,1-3H3,(H,7,8);1-6H;3H,1-2H2;1H2;3*1H2/t;;;5-;;;;;;/m...0....../s1. The van der Waals surface area contributed by atoms with Crippen molar-refractivity contribution in [2.75, 3.05) is 25.8 Å². The highest BCUT2D eigenvalue weighted by Crippen LogP contribution is 2.19. The molecule has 300 valence electrons. The molecule has 2 atom stereocenters. The molecule has 0 saturated heterocycles. The first-order chi connectivity index (χ1) is 22.4. The zero-order chi connectivity index (χ0) is 37.3. The van der Waals surface area contributed by atoms with Gasteiger partial charge in [0, 0.05) is 18.0 Å². The van der Waals surface area contributed by atoms with Gasteiger partial charge < -0.3 is 42.5 Å². The maximum atomic E-state index is 10.1. The molecule has 0 aromatic heterocycles. The summed E-state index contributed by atoms with van der Waals surface area (Å²) in [4.78, 5) is 18.1. The van der Waals surface area contributed by atoms with Gasteiger partial charge in [0.05, 0.1) is 12.6 Å². The number of carbonyl (C=O) groups is 2. The number of nitrogens with two attached hydrogens (primary N) is 1. The molecule has 1 aliphatic carbocycles. The van der Waals surface area contributed by atoms with E-state index in [1.165, 1.54) is 57.1 Å². The molecule has 0 radical (unpaired) electrons. The summed E-state index contributed by atoms with van der Waals surface area (Å²) >= 11 is 6.26. The summed E-state index contributed by atoms with van der Waals surface area (Å²) in [6.45, 7) is 19.9. The Morgan fingerprint density at radius 1 is 0.980 bits per heavy atom. The number of aliphatic hydroxyl groups excluding tert-OH is 1. The molecule has 0 aliphatic heterocycles. The van der Waals surface area contributed by atoms with E-state index in [2.05, 4.69) is 82.4 Å². The molecule has 0 saturated carbocycles. The second-order valence-electron chi connectivity index (χ2n) is 11.6. The number of thiol groups is 1. The number of benzene rings is 1. The summed E-state index contributed by atoms with van der Waals surface area (Å²) < 4.78 is 0. The molecule has 0 heterocycles. The van der Waals surface area contributed by atoms with Crippen LogP contribution in [0.25, 0.3) is 0 Å². The number of rotatable bonds is 14. The van der Waals surface area contributed by atoms with Crippen molar-refractivity contribution in [1.82, 2.24) is 5.32 Å². The third kappa shape index (κ3) is 58.1. The molecular weight excluding hydrogens is 673 g/mol. The number of aliphatic carboxylic acids is 1. The highest BCUT2D eigenvalue weighted by molar-refractivity contribution is 7.99. The minimum atomic E-state index is -0.708. The lowest BCUT2D eigenvalue weighted by molar-refractivity contribution is -0.142. The molecule has 11 heteroatoms. The van der Waals surface area contributed by atoms with E-state index < -0.39 is 5.97 Å². The fraction of sp³-hybridized carbons (Fsp3) is 0.641. The number of hydrogen-bond donors (Lipinski definition) is 5. The number of likely N-dealkylation sites (N-methyl/N-ethyl adjacent to an activating group) is 1. The van der Waals surface area contributed by atoms with Gasteiger partial charge >= 0.3 is 5.97 Å². The van der Waals surface area contributed by atoms with Crippen LogP contribution in [0.3, 0.4) is 0 Å². The van der Waals surface area contributed by atoms with Crippen molar-refractivity contribution in [3.8, 4) is 0 Å². The van der Waals surface area contributed by atoms with Crippen LogP contribution in [0, 0.1) is 23.7 Å². The third-order valence-electron chi connectivity index (χ3n) is 6.82. The van der Waals surface area contributed by atoms with Gasteiger partial charge in [0.1, 0.15) is 6.79 Å². The van der Waals surface area contributed by atoms with Crippen LogP contribution in [-0.2, 0) is 9.59 Å².